The fourth-order valence-electron chi connectivity index (χ4n) is 2.87. The van der Waals surface area contributed by atoms with Gasteiger partial charge >= 0.3 is 6.61 Å². The van der Waals surface area contributed by atoms with Crippen molar-refractivity contribution >= 4 is 35.8 Å². The van der Waals surface area contributed by atoms with Gasteiger partial charge < -0.3 is 25.0 Å². The number of hydrogen-bond acceptors (Lipinski definition) is 4. The zero-order chi connectivity index (χ0) is 22.8. The second-order valence-electron chi connectivity index (χ2n) is 6.87. The van der Waals surface area contributed by atoms with Crippen LogP contribution in [0.2, 0.25) is 0 Å². The number of hydrogen-bond donors (Lipinski definition) is 2. The monoisotopic (exact) mass is 562 g/mol. The number of nitrogens with zero attached hydrogens (tertiary/aromatic N) is 2. The van der Waals surface area contributed by atoms with Gasteiger partial charge in [0.1, 0.15) is 0 Å². The molecule has 0 saturated heterocycles. The van der Waals surface area contributed by atoms with Crippen LogP contribution in [0.3, 0.4) is 0 Å². The van der Waals surface area contributed by atoms with Crippen LogP contribution in [0.4, 0.5) is 8.78 Å². The van der Waals surface area contributed by atoms with Crippen molar-refractivity contribution < 1.29 is 23.0 Å². The summed E-state index contributed by atoms with van der Waals surface area (Å²) in [5.41, 5.74) is 2.40. The Morgan fingerprint density at radius 2 is 1.84 bits per heavy atom. The predicted octanol–water partition coefficient (Wildman–Crippen LogP) is 3.52. The summed E-state index contributed by atoms with van der Waals surface area (Å²) in [6, 6.07) is 12.3. The summed E-state index contributed by atoms with van der Waals surface area (Å²) in [5, 5.41) is 6.33. The third-order valence-corrected chi connectivity index (χ3v) is 4.41. The first-order chi connectivity index (χ1) is 14.8. The van der Waals surface area contributed by atoms with E-state index in [1.807, 2.05) is 18.2 Å². The lowest BCUT2D eigenvalue weighted by Crippen LogP contribution is -2.37. The summed E-state index contributed by atoms with van der Waals surface area (Å²) >= 11 is 0. The molecule has 1 amide bonds. The third-order valence-electron chi connectivity index (χ3n) is 4.41. The molecule has 0 aliphatic rings. The number of carbonyl (C=O) groups excluding carboxylic acids is 1. The van der Waals surface area contributed by atoms with Crippen molar-refractivity contribution in [1.82, 2.24) is 15.5 Å². The highest BCUT2D eigenvalue weighted by atomic mass is 127. The fourth-order valence-corrected chi connectivity index (χ4v) is 2.87. The Balaban J connectivity index is 0.00000512. The van der Waals surface area contributed by atoms with E-state index in [2.05, 4.69) is 20.4 Å². The molecule has 0 aromatic heterocycles. The third kappa shape index (κ3) is 8.48. The number of halogens is 3. The molecule has 0 fully saturated rings. The van der Waals surface area contributed by atoms with E-state index in [-0.39, 0.29) is 41.4 Å². The highest BCUT2D eigenvalue weighted by molar-refractivity contribution is 14.0. The molecule has 0 atom stereocenters. The van der Waals surface area contributed by atoms with Crippen molar-refractivity contribution in [2.45, 2.75) is 19.6 Å². The second-order valence-corrected chi connectivity index (χ2v) is 6.87. The molecular formula is C22H29F2IN4O3. The number of methoxy groups -OCH3 is 1. The Bertz CT molecular complexity index is 910. The van der Waals surface area contributed by atoms with E-state index < -0.39 is 6.61 Å². The quantitative estimate of drug-likeness (QED) is 0.278. The van der Waals surface area contributed by atoms with E-state index in [1.165, 1.54) is 13.2 Å². The summed E-state index contributed by atoms with van der Waals surface area (Å²) in [6.07, 6.45) is 0.699. The normalized spacial score (nSPS) is 10.9. The Hall–Kier alpha value is -2.63. The van der Waals surface area contributed by atoms with Crippen molar-refractivity contribution in [2.24, 2.45) is 4.99 Å². The Morgan fingerprint density at radius 3 is 2.47 bits per heavy atom. The molecule has 0 heterocycles. The van der Waals surface area contributed by atoms with Crippen LogP contribution in [-0.2, 0) is 13.0 Å². The second kappa shape index (κ2) is 13.7. The summed E-state index contributed by atoms with van der Waals surface area (Å²) in [7, 11) is 6.48. The lowest BCUT2D eigenvalue weighted by atomic mass is 10.1. The number of ether oxygens (including phenoxy) is 2. The maximum Gasteiger partial charge on any atom is 0.387 e. The van der Waals surface area contributed by atoms with Gasteiger partial charge in [0, 0.05) is 39.8 Å². The van der Waals surface area contributed by atoms with E-state index in [0.717, 1.165) is 11.1 Å². The maximum absolute atomic E-state index is 12.6. The van der Waals surface area contributed by atoms with Gasteiger partial charge in [-0.1, -0.05) is 18.2 Å². The molecule has 32 heavy (non-hydrogen) atoms. The van der Waals surface area contributed by atoms with Gasteiger partial charge in [0.2, 0.25) is 0 Å². The molecule has 2 N–H and O–H groups in total. The van der Waals surface area contributed by atoms with Crippen molar-refractivity contribution in [2.75, 3.05) is 34.8 Å². The number of carbonyl (C=O) groups is 1. The number of aliphatic imine (C=N–C) groups is 1. The number of nitrogens with one attached hydrogen (secondary N) is 2. The van der Waals surface area contributed by atoms with Gasteiger partial charge in [-0.25, -0.2) is 0 Å². The standard InChI is InChI=1S/C22H28F2N4O3.HI/c1-25-22(26-11-10-15-6-5-7-17(12-15)20(29)28(2)3)27-14-16-8-9-18(30-4)19(13-16)31-21(23)24;/h5-9,12-13,21H,10-11,14H2,1-4H3,(H2,25,26,27);1H. The molecule has 0 saturated carbocycles. The Labute approximate surface area is 204 Å². The first-order valence-corrected chi connectivity index (χ1v) is 9.71. The summed E-state index contributed by atoms with van der Waals surface area (Å²) in [4.78, 5) is 17.8. The highest BCUT2D eigenvalue weighted by Crippen LogP contribution is 2.29. The lowest BCUT2D eigenvalue weighted by Gasteiger charge is -2.14. The number of alkyl halides is 2. The van der Waals surface area contributed by atoms with Crippen LogP contribution in [0.15, 0.2) is 47.5 Å². The van der Waals surface area contributed by atoms with Gasteiger partial charge in [-0.3, -0.25) is 9.79 Å². The maximum atomic E-state index is 12.6. The van der Waals surface area contributed by atoms with E-state index in [0.29, 0.717) is 31.0 Å². The minimum Gasteiger partial charge on any atom is -0.493 e. The summed E-state index contributed by atoms with van der Waals surface area (Å²) in [6.45, 7) is -1.98. The first-order valence-electron chi connectivity index (χ1n) is 9.71. The van der Waals surface area contributed by atoms with Gasteiger partial charge in [-0.05, 0) is 41.8 Å². The van der Waals surface area contributed by atoms with Crippen LogP contribution < -0.4 is 20.1 Å². The molecule has 7 nitrogen and oxygen atoms in total. The minimum atomic E-state index is -2.93. The number of amides is 1. The van der Waals surface area contributed by atoms with Crippen LogP contribution in [0.25, 0.3) is 0 Å². The fraction of sp³-hybridized carbons (Fsp3) is 0.364. The molecule has 0 aliphatic heterocycles. The molecule has 0 aliphatic carbocycles. The zero-order valence-electron chi connectivity index (χ0n) is 18.5. The molecular weight excluding hydrogens is 533 g/mol. The van der Waals surface area contributed by atoms with Crippen LogP contribution in [-0.4, -0.2) is 58.2 Å². The summed E-state index contributed by atoms with van der Waals surface area (Å²) < 4.78 is 34.7. The van der Waals surface area contributed by atoms with E-state index in [1.54, 1.807) is 44.2 Å². The molecule has 0 bridgehead atoms. The van der Waals surface area contributed by atoms with Gasteiger partial charge in [-0.15, -0.1) is 24.0 Å². The number of benzene rings is 2. The molecule has 0 spiro atoms. The highest BCUT2D eigenvalue weighted by Gasteiger charge is 2.12. The smallest absolute Gasteiger partial charge is 0.387 e. The SMILES string of the molecule is CN=C(NCCc1cccc(C(=O)N(C)C)c1)NCc1ccc(OC)c(OC(F)F)c1.I. The van der Waals surface area contributed by atoms with Gasteiger partial charge in [-0.2, -0.15) is 8.78 Å². The molecule has 0 unspecified atom stereocenters. The predicted molar refractivity (Wildman–Crippen MR) is 131 cm³/mol. The minimum absolute atomic E-state index is 0. The van der Waals surface area contributed by atoms with Gasteiger partial charge in [0.25, 0.3) is 5.91 Å². The zero-order valence-corrected chi connectivity index (χ0v) is 20.9. The molecule has 2 aromatic carbocycles. The van der Waals surface area contributed by atoms with E-state index in [4.69, 9.17) is 4.74 Å². The molecule has 2 rings (SSSR count). The van der Waals surface area contributed by atoms with Gasteiger partial charge in [0.05, 0.1) is 7.11 Å². The topological polar surface area (TPSA) is 75.2 Å². The molecule has 176 valence electrons. The van der Waals surface area contributed by atoms with Crippen molar-refractivity contribution in [3.8, 4) is 11.5 Å². The van der Waals surface area contributed by atoms with E-state index in [9.17, 15) is 13.6 Å². The summed E-state index contributed by atoms with van der Waals surface area (Å²) in [5.74, 6) is 0.739. The largest absolute Gasteiger partial charge is 0.493 e. The van der Waals surface area contributed by atoms with Crippen LogP contribution in [0.5, 0.6) is 11.5 Å². The molecule has 0 radical (unpaired) electrons. The average Bonchev–Trinajstić information content (AvgIpc) is 2.75. The van der Waals surface area contributed by atoms with E-state index >= 15 is 0 Å². The number of guanidine groups is 1. The number of rotatable bonds is 9. The molecule has 10 heteroatoms. The van der Waals surface area contributed by atoms with Gasteiger partial charge in [0.15, 0.2) is 17.5 Å². The Morgan fingerprint density at radius 1 is 1.09 bits per heavy atom. The average molecular weight is 562 g/mol. The van der Waals surface area contributed by atoms with Crippen LogP contribution in [0.1, 0.15) is 21.5 Å². The Kier molecular flexibility index (Phi) is 11.7. The van der Waals surface area contributed by atoms with Crippen molar-refractivity contribution in [3.63, 3.8) is 0 Å². The molecule has 2 aromatic rings. The van der Waals surface area contributed by atoms with Crippen LogP contribution >= 0.6 is 24.0 Å². The lowest BCUT2D eigenvalue weighted by molar-refractivity contribution is -0.0512. The first kappa shape index (κ1) is 27.4. The van der Waals surface area contributed by atoms with Crippen LogP contribution in [0, 0.1) is 0 Å². The van der Waals surface area contributed by atoms with Crippen molar-refractivity contribution in [3.05, 3.63) is 59.2 Å². The van der Waals surface area contributed by atoms with Crippen molar-refractivity contribution in [1.29, 1.82) is 0 Å².